The molecule has 2 aromatic heterocycles. The first-order valence-electron chi connectivity index (χ1n) is 7.07. The highest BCUT2D eigenvalue weighted by molar-refractivity contribution is 7.99. The molecule has 0 saturated heterocycles. The summed E-state index contributed by atoms with van der Waals surface area (Å²) >= 11 is 3.54. The fraction of sp³-hybridized carbons (Fsp3) is 0.615. The molecule has 3 rings (SSSR count). The number of aromatic nitrogens is 4. The van der Waals surface area contributed by atoms with Crippen LogP contribution < -0.4 is 5.32 Å². The lowest BCUT2D eigenvalue weighted by Crippen LogP contribution is -2.16. The first kappa shape index (κ1) is 14.0. The summed E-state index contributed by atoms with van der Waals surface area (Å²) in [5.41, 5.74) is 0. The van der Waals surface area contributed by atoms with Crippen LogP contribution in [0.3, 0.4) is 0 Å². The van der Waals surface area contributed by atoms with Crippen LogP contribution in [-0.4, -0.2) is 32.5 Å². The zero-order chi connectivity index (χ0) is 13.6. The maximum atomic E-state index is 4.15. The van der Waals surface area contributed by atoms with Crippen molar-refractivity contribution in [1.82, 2.24) is 25.5 Å². The molecule has 0 unspecified atom stereocenters. The highest BCUT2D eigenvalue weighted by Gasteiger charge is 2.21. The van der Waals surface area contributed by atoms with Gasteiger partial charge in [0.05, 0.1) is 6.04 Å². The van der Waals surface area contributed by atoms with Crippen LogP contribution in [0.1, 0.15) is 36.6 Å². The normalized spacial score (nSPS) is 16.0. The summed E-state index contributed by atoms with van der Waals surface area (Å²) in [4.78, 5) is 1.38. The van der Waals surface area contributed by atoms with Gasteiger partial charge in [0, 0.05) is 23.7 Å². The summed E-state index contributed by atoms with van der Waals surface area (Å²) in [5.74, 6) is 0.998. The average Bonchev–Trinajstić information content (AvgIpc) is 3.20. The largest absolute Gasteiger partial charge is 0.311 e. The molecule has 1 saturated carbocycles. The van der Waals surface area contributed by atoms with Gasteiger partial charge in [-0.05, 0) is 34.7 Å². The molecule has 7 heteroatoms. The second-order valence-corrected chi connectivity index (χ2v) is 7.04. The fourth-order valence-electron chi connectivity index (χ4n) is 2.50. The van der Waals surface area contributed by atoms with Crippen molar-refractivity contribution in [2.24, 2.45) is 0 Å². The van der Waals surface area contributed by atoms with E-state index >= 15 is 0 Å². The predicted octanol–water partition coefficient (Wildman–Crippen LogP) is 2.73. The zero-order valence-electron chi connectivity index (χ0n) is 11.4. The average molecular weight is 309 g/mol. The summed E-state index contributed by atoms with van der Waals surface area (Å²) in [6, 6.07) is 4.77. The summed E-state index contributed by atoms with van der Waals surface area (Å²) < 4.78 is 2.02. The standard InChI is InChI=1S/C13H19N5S2/c1-2-5-11(4-1)18-13(15-16-17-18)20-9-7-14-10-12-6-3-8-19-12/h3,6,8,11,14H,1-2,4-5,7,9-10H2. The minimum atomic E-state index is 0.520. The molecule has 1 aliphatic rings. The summed E-state index contributed by atoms with van der Waals surface area (Å²) in [7, 11) is 0. The van der Waals surface area contributed by atoms with E-state index in [9.17, 15) is 0 Å². The Bertz CT molecular complexity index is 505. The molecule has 2 aromatic rings. The van der Waals surface area contributed by atoms with Crippen LogP contribution in [0.4, 0.5) is 0 Å². The van der Waals surface area contributed by atoms with Crippen molar-refractivity contribution in [3.8, 4) is 0 Å². The fourth-order valence-corrected chi connectivity index (χ4v) is 4.01. The number of rotatable bonds is 7. The molecule has 2 heterocycles. The van der Waals surface area contributed by atoms with Gasteiger partial charge in [0.1, 0.15) is 0 Å². The van der Waals surface area contributed by atoms with Crippen molar-refractivity contribution < 1.29 is 0 Å². The Morgan fingerprint density at radius 1 is 1.40 bits per heavy atom. The van der Waals surface area contributed by atoms with E-state index in [0.717, 1.165) is 24.0 Å². The lowest BCUT2D eigenvalue weighted by molar-refractivity contribution is 0.423. The highest BCUT2D eigenvalue weighted by Crippen LogP contribution is 2.31. The maximum absolute atomic E-state index is 4.15. The SMILES string of the molecule is c1csc(CNCCSc2nnnn2C2CCCC2)c1. The Morgan fingerprint density at radius 3 is 3.10 bits per heavy atom. The Labute approximate surface area is 127 Å². The topological polar surface area (TPSA) is 55.6 Å². The highest BCUT2D eigenvalue weighted by atomic mass is 32.2. The van der Waals surface area contributed by atoms with Gasteiger partial charge in [0.25, 0.3) is 0 Å². The van der Waals surface area contributed by atoms with Crippen LogP contribution in [0.5, 0.6) is 0 Å². The molecule has 0 radical (unpaired) electrons. The van der Waals surface area contributed by atoms with E-state index < -0.39 is 0 Å². The smallest absolute Gasteiger partial charge is 0.209 e. The van der Waals surface area contributed by atoms with Gasteiger partial charge in [0.15, 0.2) is 0 Å². The Morgan fingerprint density at radius 2 is 2.30 bits per heavy atom. The van der Waals surface area contributed by atoms with Gasteiger partial charge in [-0.3, -0.25) is 0 Å². The van der Waals surface area contributed by atoms with E-state index in [-0.39, 0.29) is 0 Å². The minimum Gasteiger partial charge on any atom is -0.311 e. The molecule has 0 spiro atoms. The molecule has 0 atom stereocenters. The van der Waals surface area contributed by atoms with Gasteiger partial charge in [-0.15, -0.1) is 16.4 Å². The van der Waals surface area contributed by atoms with Crippen molar-refractivity contribution in [2.75, 3.05) is 12.3 Å². The third-order valence-corrected chi connectivity index (χ3v) is 5.33. The molecular weight excluding hydrogens is 290 g/mol. The van der Waals surface area contributed by atoms with E-state index in [2.05, 4.69) is 38.4 Å². The van der Waals surface area contributed by atoms with E-state index in [1.807, 2.05) is 4.68 Å². The van der Waals surface area contributed by atoms with Crippen LogP contribution in [0.15, 0.2) is 22.7 Å². The third kappa shape index (κ3) is 3.59. The van der Waals surface area contributed by atoms with Crippen LogP contribution in [0.25, 0.3) is 0 Å². The summed E-state index contributed by atoms with van der Waals surface area (Å²) in [6.07, 6.45) is 5.04. The van der Waals surface area contributed by atoms with Crippen molar-refractivity contribution in [3.05, 3.63) is 22.4 Å². The van der Waals surface area contributed by atoms with E-state index in [1.165, 1.54) is 30.6 Å². The summed E-state index contributed by atoms with van der Waals surface area (Å²) in [5, 5.41) is 18.7. The zero-order valence-corrected chi connectivity index (χ0v) is 13.0. The number of nitrogens with one attached hydrogen (secondary N) is 1. The molecule has 0 bridgehead atoms. The number of hydrogen-bond acceptors (Lipinski definition) is 6. The Kier molecular flexibility index (Phi) is 5.05. The van der Waals surface area contributed by atoms with Crippen molar-refractivity contribution in [2.45, 2.75) is 43.4 Å². The summed E-state index contributed by atoms with van der Waals surface area (Å²) in [6.45, 7) is 1.92. The van der Waals surface area contributed by atoms with Crippen molar-refractivity contribution >= 4 is 23.1 Å². The van der Waals surface area contributed by atoms with Crippen LogP contribution >= 0.6 is 23.1 Å². The number of tetrazole rings is 1. The van der Waals surface area contributed by atoms with Gasteiger partial charge < -0.3 is 5.32 Å². The first-order chi connectivity index (χ1) is 9.93. The molecule has 1 N–H and O–H groups in total. The van der Waals surface area contributed by atoms with Gasteiger partial charge in [-0.25, -0.2) is 4.68 Å². The van der Waals surface area contributed by atoms with Crippen LogP contribution in [0.2, 0.25) is 0 Å². The van der Waals surface area contributed by atoms with Gasteiger partial charge in [0.2, 0.25) is 5.16 Å². The lowest BCUT2D eigenvalue weighted by atomic mass is 10.3. The molecule has 0 aliphatic heterocycles. The Hall–Kier alpha value is -0.920. The monoisotopic (exact) mass is 309 g/mol. The number of nitrogens with zero attached hydrogens (tertiary/aromatic N) is 4. The van der Waals surface area contributed by atoms with E-state index in [1.54, 1.807) is 23.1 Å². The lowest BCUT2D eigenvalue weighted by Gasteiger charge is -2.10. The number of hydrogen-bond donors (Lipinski definition) is 1. The van der Waals surface area contributed by atoms with Gasteiger partial charge >= 0.3 is 0 Å². The molecule has 20 heavy (non-hydrogen) atoms. The minimum absolute atomic E-state index is 0.520. The molecule has 5 nitrogen and oxygen atoms in total. The van der Waals surface area contributed by atoms with Crippen molar-refractivity contribution in [3.63, 3.8) is 0 Å². The third-order valence-electron chi connectivity index (χ3n) is 3.52. The predicted molar refractivity (Wildman–Crippen MR) is 82.1 cm³/mol. The maximum Gasteiger partial charge on any atom is 0.209 e. The molecule has 1 aliphatic carbocycles. The first-order valence-corrected chi connectivity index (χ1v) is 8.94. The molecular formula is C13H19N5S2. The van der Waals surface area contributed by atoms with E-state index in [4.69, 9.17) is 0 Å². The van der Waals surface area contributed by atoms with E-state index in [0.29, 0.717) is 6.04 Å². The second kappa shape index (κ2) is 7.19. The van der Waals surface area contributed by atoms with Crippen molar-refractivity contribution in [1.29, 1.82) is 0 Å². The van der Waals surface area contributed by atoms with Gasteiger partial charge in [-0.2, -0.15) is 0 Å². The Balaban J connectivity index is 1.41. The second-order valence-electron chi connectivity index (χ2n) is 4.95. The number of thiophene rings is 1. The number of thioether (sulfide) groups is 1. The molecule has 0 amide bonds. The quantitative estimate of drug-likeness (QED) is 0.629. The molecule has 108 valence electrons. The molecule has 1 fully saturated rings. The van der Waals surface area contributed by atoms with Crippen LogP contribution in [-0.2, 0) is 6.54 Å². The van der Waals surface area contributed by atoms with Gasteiger partial charge in [-0.1, -0.05) is 30.7 Å². The molecule has 0 aromatic carbocycles. The van der Waals surface area contributed by atoms with Crippen LogP contribution in [0, 0.1) is 0 Å².